The van der Waals surface area contributed by atoms with E-state index in [1.165, 1.54) is 0 Å². The number of rotatable bonds is 5. The molecule has 0 saturated carbocycles. The van der Waals surface area contributed by atoms with Gasteiger partial charge in [0, 0.05) is 6.04 Å². The predicted molar refractivity (Wildman–Crippen MR) is 68.1 cm³/mol. The molecule has 1 heterocycles. The summed E-state index contributed by atoms with van der Waals surface area (Å²) in [4.78, 5) is 15.9. The van der Waals surface area contributed by atoms with Crippen LogP contribution in [-0.4, -0.2) is 23.6 Å². The highest BCUT2D eigenvalue weighted by Crippen LogP contribution is 2.08. The van der Waals surface area contributed by atoms with Crippen molar-refractivity contribution in [2.24, 2.45) is 5.92 Å². The van der Waals surface area contributed by atoms with Crippen LogP contribution in [0.2, 0.25) is 0 Å². The smallest absolute Gasteiger partial charge is 0.357 e. The van der Waals surface area contributed by atoms with Crippen LogP contribution in [0.5, 0.6) is 0 Å². The van der Waals surface area contributed by atoms with E-state index in [1.807, 2.05) is 33.8 Å². The second-order valence-electron chi connectivity index (χ2n) is 4.70. The zero-order valence-electron chi connectivity index (χ0n) is 10.9. The van der Waals surface area contributed by atoms with Crippen LogP contribution in [0.25, 0.3) is 0 Å². The Balaban J connectivity index is 2.67. The third-order valence-corrected chi connectivity index (χ3v) is 1.94. The number of nitrogens with zero attached hydrogens (tertiary/aromatic N) is 1. The fourth-order valence-electron chi connectivity index (χ4n) is 1.24. The van der Waals surface area contributed by atoms with Crippen LogP contribution in [0.1, 0.15) is 38.2 Å². The largest absolute Gasteiger partial charge is 0.461 e. The van der Waals surface area contributed by atoms with Gasteiger partial charge in [-0.25, -0.2) is 9.78 Å². The van der Waals surface area contributed by atoms with Crippen molar-refractivity contribution in [3.8, 4) is 0 Å². The summed E-state index contributed by atoms with van der Waals surface area (Å²) in [5.74, 6) is 0.654. The molecule has 0 unspecified atom stereocenters. The maximum atomic E-state index is 11.7. The first-order chi connectivity index (χ1) is 7.99. The van der Waals surface area contributed by atoms with Crippen molar-refractivity contribution >= 4 is 11.8 Å². The summed E-state index contributed by atoms with van der Waals surface area (Å²) in [5.41, 5.74) is 0.344. The lowest BCUT2D eigenvalue weighted by Gasteiger charge is -2.10. The Morgan fingerprint density at radius 2 is 2.06 bits per heavy atom. The monoisotopic (exact) mass is 236 g/mol. The predicted octanol–water partition coefficient (Wildman–Crippen LogP) is 2.71. The molecule has 0 spiro atoms. The lowest BCUT2D eigenvalue weighted by atomic mass is 10.2. The SMILES string of the molecule is CC(C)COC(=O)c1cccc(NC(C)C)n1. The van der Waals surface area contributed by atoms with Gasteiger partial charge in [-0.15, -0.1) is 0 Å². The van der Waals surface area contributed by atoms with Crippen LogP contribution in [0.3, 0.4) is 0 Å². The summed E-state index contributed by atoms with van der Waals surface area (Å²) in [6.07, 6.45) is 0. The van der Waals surface area contributed by atoms with E-state index in [0.29, 0.717) is 24.0 Å². The van der Waals surface area contributed by atoms with Gasteiger partial charge in [-0.2, -0.15) is 0 Å². The molecule has 94 valence electrons. The van der Waals surface area contributed by atoms with Crippen LogP contribution in [0, 0.1) is 5.92 Å². The maximum Gasteiger partial charge on any atom is 0.357 e. The lowest BCUT2D eigenvalue weighted by molar-refractivity contribution is 0.0452. The summed E-state index contributed by atoms with van der Waals surface area (Å²) >= 11 is 0. The normalized spacial score (nSPS) is 10.7. The fourth-order valence-corrected chi connectivity index (χ4v) is 1.24. The summed E-state index contributed by atoms with van der Waals surface area (Å²) in [6.45, 7) is 8.45. The minimum Gasteiger partial charge on any atom is -0.461 e. The minimum atomic E-state index is -0.369. The van der Waals surface area contributed by atoms with Crippen molar-refractivity contribution in [1.82, 2.24) is 4.98 Å². The summed E-state index contributed by atoms with van der Waals surface area (Å²) < 4.78 is 5.12. The molecule has 0 aliphatic carbocycles. The molecule has 0 fully saturated rings. The molecule has 0 radical (unpaired) electrons. The Bertz CT molecular complexity index is 375. The highest BCUT2D eigenvalue weighted by molar-refractivity contribution is 5.87. The molecular formula is C13H20N2O2. The lowest BCUT2D eigenvalue weighted by Crippen LogP contribution is -2.15. The molecule has 0 bridgehead atoms. The molecule has 1 rings (SSSR count). The Hall–Kier alpha value is -1.58. The van der Waals surface area contributed by atoms with Gasteiger partial charge in [-0.3, -0.25) is 0 Å². The standard InChI is InChI=1S/C13H20N2O2/c1-9(2)8-17-13(16)11-6-5-7-12(15-11)14-10(3)4/h5-7,9-10H,8H2,1-4H3,(H,14,15). The van der Waals surface area contributed by atoms with E-state index in [0.717, 1.165) is 0 Å². The third kappa shape index (κ3) is 4.85. The average molecular weight is 236 g/mol. The number of esters is 1. The van der Waals surface area contributed by atoms with Gasteiger partial charge >= 0.3 is 5.97 Å². The number of pyridine rings is 1. The van der Waals surface area contributed by atoms with E-state index < -0.39 is 0 Å². The first kappa shape index (κ1) is 13.5. The Labute approximate surface area is 102 Å². The molecule has 0 aromatic carbocycles. The van der Waals surface area contributed by atoms with Gasteiger partial charge in [-0.05, 0) is 31.9 Å². The van der Waals surface area contributed by atoms with Gasteiger partial charge in [0.25, 0.3) is 0 Å². The third-order valence-electron chi connectivity index (χ3n) is 1.94. The van der Waals surface area contributed by atoms with Crippen LogP contribution < -0.4 is 5.32 Å². The topological polar surface area (TPSA) is 51.2 Å². The second-order valence-corrected chi connectivity index (χ2v) is 4.70. The molecular weight excluding hydrogens is 216 g/mol. The quantitative estimate of drug-likeness (QED) is 0.799. The molecule has 17 heavy (non-hydrogen) atoms. The number of hydrogen-bond donors (Lipinski definition) is 1. The first-order valence-corrected chi connectivity index (χ1v) is 5.89. The van der Waals surface area contributed by atoms with Crippen LogP contribution in [0.15, 0.2) is 18.2 Å². The Morgan fingerprint density at radius 1 is 1.35 bits per heavy atom. The second kappa shape index (κ2) is 6.23. The molecule has 1 aromatic heterocycles. The Morgan fingerprint density at radius 3 is 2.65 bits per heavy atom. The number of hydrogen-bond acceptors (Lipinski definition) is 4. The van der Waals surface area contributed by atoms with Crippen molar-refractivity contribution in [3.05, 3.63) is 23.9 Å². The van der Waals surface area contributed by atoms with Crippen molar-refractivity contribution < 1.29 is 9.53 Å². The zero-order valence-corrected chi connectivity index (χ0v) is 10.9. The minimum absolute atomic E-state index is 0.282. The number of nitrogens with one attached hydrogen (secondary N) is 1. The number of carbonyl (C=O) groups excluding carboxylic acids is 1. The Kier molecular flexibility index (Phi) is 4.94. The molecule has 0 saturated heterocycles. The highest BCUT2D eigenvalue weighted by atomic mass is 16.5. The van der Waals surface area contributed by atoms with Crippen molar-refractivity contribution in [2.45, 2.75) is 33.7 Å². The maximum absolute atomic E-state index is 11.7. The fraction of sp³-hybridized carbons (Fsp3) is 0.538. The van der Waals surface area contributed by atoms with Crippen LogP contribution >= 0.6 is 0 Å². The number of aromatic nitrogens is 1. The van der Waals surface area contributed by atoms with E-state index in [-0.39, 0.29) is 12.0 Å². The van der Waals surface area contributed by atoms with Crippen LogP contribution in [-0.2, 0) is 4.74 Å². The van der Waals surface area contributed by atoms with E-state index in [4.69, 9.17) is 4.74 Å². The van der Waals surface area contributed by atoms with Gasteiger partial charge in [0.05, 0.1) is 6.61 Å². The van der Waals surface area contributed by atoms with Gasteiger partial charge in [0.1, 0.15) is 5.82 Å². The van der Waals surface area contributed by atoms with Crippen LogP contribution in [0.4, 0.5) is 5.82 Å². The van der Waals surface area contributed by atoms with E-state index in [1.54, 1.807) is 12.1 Å². The molecule has 0 amide bonds. The van der Waals surface area contributed by atoms with Crippen molar-refractivity contribution in [1.29, 1.82) is 0 Å². The summed E-state index contributed by atoms with van der Waals surface area (Å²) in [7, 11) is 0. The molecule has 0 atom stereocenters. The van der Waals surface area contributed by atoms with E-state index in [9.17, 15) is 4.79 Å². The average Bonchev–Trinajstić information content (AvgIpc) is 2.25. The molecule has 1 aromatic rings. The van der Waals surface area contributed by atoms with E-state index >= 15 is 0 Å². The number of anilines is 1. The highest BCUT2D eigenvalue weighted by Gasteiger charge is 2.10. The number of carbonyl (C=O) groups is 1. The molecule has 0 aliphatic rings. The van der Waals surface area contributed by atoms with E-state index in [2.05, 4.69) is 10.3 Å². The van der Waals surface area contributed by atoms with Crippen molar-refractivity contribution in [2.75, 3.05) is 11.9 Å². The van der Waals surface area contributed by atoms with Gasteiger partial charge in [0.2, 0.25) is 0 Å². The van der Waals surface area contributed by atoms with Gasteiger partial charge in [-0.1, -0.05) is 19.9 Å². The molecule has 0 aliphatic heterocycles. The van der Waals surface area contributed by atoms with Crippen molar-refractivity contribution in [3.63, 3.8) is 0 Å². The number of ether oxygens (including phenoxy) is 1. The molecule has 4 nitrogen and oxygen atoms in total. The summed E-state index contributed by atoms with van der Waals surface area (Å²) in [5, 5.41) is 3.15. The zero-order chi connectivity index (χ0) is 12.8. The molecule has 1 N–H and O–H groups in total. The van der Waals surface area contributed by atoms with Gasteiger partial charge in [0.15, 0.2) is 5.69 Å². The summed E-state index contributed by atoms with van der Waals surface area (Å²) in [6, 6.07) is 5.57. The molecule has 4 heteroatoms. The first-order valence-electron chi connectivity index (χ1n) is 5.89. The van der Waals surface area contributed by atoms with Gasteiger partial charge < -0.3 is 10.1 Å².